The number of benzene rings is 1. The number of rotatable bonds is 8. The molecule has 20 heavy (non-hydrogen) atoms. The molecule has 0 aliphatic heterocycles. The van der Waals surface area contributed by atoms with Gasteiger partial charge in [0, 0.05) is 31.9 Å². The molecule has 3 heteroatoms. The zero-order valence-corrected chi connectivity index (χ0v) is 13.0. The molecular weight excluding hydrogens is 248 g/mol. The van der Waals surface area contributed by atoms with E-state index in [-0.39, 0.29) is 0 Å². The fraction of sp³-hybridized carbons (Fsp3) is 0.647. The molecule has 1 aliphatic carbocycles. The predicted molar refractivity (Wildman–Crippen MR) is 85.4 cm³/mol. The minimum Gasteiger partial charge on any atom is -0.508 e. The van der Waals surface area contributed by atoms with Crippen LogP contribution < -0.4 is 10.2 Å². The van der Waals surface area contributed by atoms with Crippen molar-refractivity contribution in [3.63, 3.8) is 0 Å². The maximum atomic E-state index is 9.39. The van der Waals surface area contributed by atoms with E-state index in [4.69, 9.17) is 0 Å². The molecule has 0 spiro atoms. The SMILES string of the molecule is CCC(CC)(CNC1CC1)CN(C)c1ccc(O)cc1. The third-order valence-electron chi connectivity index (χ3n) is 4.71. The van der Waals surface area contributed by atoms with E-state index in [0.717, 1.165) is 19.1 Å². The number of aromatic hydroxyl groups is 1. The Bertz CT molecular complexity index is 408. The Kier molecular flexibility index (Phi) is 4.92. The van der Waals surface area contributed by atoms with E-state index >= 15 is 0 Å². The highest BCUT2D eigenvalue weighted by atomic mass is 16.3. The van der Waals surface area contributed by atoms with Gasteiger partial charge in [-0.2, -0.15) is 0 Å². The first-order valence-electron chi connectivity index (χ1n) is 7.82. The Morgan fingerprint density at radius 3 is 2.30 bits per heavy atom. The quantitative estimate of drug-likeness (QED) is 0.764. The van der Waals surface area contributed by atoms with Crippen LogP contribution in [0.3, 0.4) is 0 Å². The Labute approximate surface area is 123 Å². The summed E-state index contributed by atoms with van der Waals surface area (Å²) < 4.78 is 0. The van der Waals surface area contributed by atoms with E-state index in [1.807, 2.05) is 12.1 Å². The van der Waals surface area contributed by atoms with E-state index in [1.165, 1.54) is 31.4 Å². The van der Waals surface area contributed by atoms with Crippen LogP contribution in [0.25, 0.3) is 0 Å². The molecule has 1 aliphatic rings. The summed E-state index contributed by atoms with van der Waals surface area (Å²) in [4.78, 5) is 2.31. The summed E-state index contributed by atoms with van der Waals surface area (Å²) in [5.41, 5.74) is 1.50. The summed E-state index contributed by atoms with van der Waals surface area (Å²) in [5.74, 6) is 0.329. The van der Waals surface area contributed by atoms with Crippen molar-refractivity contribution in [2.45, 2.75) is 45.6 Å². The average molecular weight is 276 g/mol. The smallest absolute Gasteiger partial charge is 0.115 e. The molecule has 112 valence electrons. The molecule has 2 N–H and O–H groups in total. The fourth-order valence-corrected chi connectivity index (χ4v) is 2.73. The van der Waals surface area contributed by atoms with Crippen LogP contribution in [0.5, 0.6) is 5.75 Å². The van der Waals surface area contributed by atoms with Crippen LogP contribution in [0, 0.1) is 5.41 Å². The average Bonchev–Trinajstić information content (AvgIpc) is 3.28. The Morgan fingerprint density at radius 2 is 1.80 bits per heavy atom. The lowest BCUT2D eigenvalue weighted by molar-refractivity contribution is 0.254. The van der Waals surface area contributed by atoms with Gasteiger partial charge in [0.1, 0.15) is 5.75 Å². The normalized spacial score (nSPS) is 15.3. The van der Waals surface area contributed by atoms with Gasteiger partial charge in [-0.1, -0.05) is 13.8 Å². The van der Waals surface area contributed by atoms with Crippen molar-refractivity contribution >= 4 is 5.69 Å². The third kappa shape index (κ3) is 3.89. The van der Waals surface area contributed by atoms with Crippen LogP contribution in [-0.2, 0) is 0 Å². The van der Waals surface area contributed by atoms with Crippen LogP contribution in [0.2, 0.25) is 0 Å². The summed E-state index contributed by atoms with van der Waals surface area (Å²) in [7, 11) is 2.14. The summed E-state index contributed by atoms with van der Waals surface area (Å²) >= 11 is 0. The summed E-state index contributed by atoms with van der Waals surface area (Å²) in [6.45, 7) is 6.74. The zero-order valence-electron chi connectivity index (χ0n) is 13.0. The second kappa shape index (κ2) is 6.49. The highest BCUT2D eigenvalue weighted by molar-refractivity contribution is 5.48. The van der Waals surface area contributed by atoms with Gasteiger partial charge in [-0.25, -0.2) is 0 Å². The molecule has 1 aromatic rings. The minimum atomic E-state index is 0.329. The number of hydrogen-bond acceptors (Lipinski definition) is 3. The first kappa shape index (κ1) is 15.2. The minimum absolute atomic E-state index is 0.329. The van der Waals surface area contributed by atoms with Crippen molar-refractivity contribution in [3.8, 4) is 5.75 Å². The van der Waals surface area contributed by atoms with Crippen molar-refractivity contribution in [2.24, 2.45) is 5.41 Å². The first-order valence-corrected chi connectivity index (χ1v) is 7.82. The number of phenols is 1. The van der Waals surface area contributed by atoms with E-state index in [1.54, 1.807) is 12.1 Å². The lowest BCUT2D eigenvalue weighted by Gasteiger charge is -2.37. The molecule has 0 saturated heterocycles. The van der Waals surface area contributed by atoms with E-state index in [2.05, 4.69) is 31.1 Å². The van der Waals surface area contributed by atoms with Crippen molar-refractivity contribution in [2.75, 3.05) is 25.0 Å². The zero-order chi connectivity index (χ0) is 14.6. The highest BCUT2D eigenvalue weighted by Crippen LogP contribution is 2.30. The van der Waals surface area contributed by atoms with Gasteiger partial charge >= 0.3 is 0 Å². The molecule has 0 aromatic heterocycles. The number of nitrogens with one attached hydrogen (secondary N) is 1. The second-order valence-electron chi connectivity index (χ2n) is 6.23. The molecule has 3 nitrogen and oxygen atoms in total. The van der Waals surface area contributed by atoms with Gasteiger partial charge < -0.3 is 15.3 Å². The number of anilines is 1. The summed E-state index contributed by atoms with van der Waals surface area (Å²) in [6.07, 6.45) is 5.06. The van der Waals surface area contributed by atoms with E-state index in [0.29, 0.717) is 11.2 Å². The lowest BCUT2D eigenvalue weighted by Crippen LogP contribution is -2.43. The predicted octanol–water partition coefficient (Wildman–Crippen LogP) is 3.39. The van der Waals surface area contributed by atoms with Gasteiger partial charge in [-0.15, -0.1) is 0 Å². The Balaban J connectivity index is 1.99. The standard InChI is InChI=1S/C17H28N2O/c1-4-17(5-2,12-18-14-6-7-14)13-19(3)15-8-10-16(20)11-9-15/h8-11,14,18,20H,4-7,12-13H2,1-3H3. The van der Waals surface area contributed by atoms with Crippen LogP contribution in [0.4, 0.5) is 5.69 Å². The molecule has 0 atom stereocenters. The molecular formula is C17H28N2O. The van der Waals surface area contributed by atoms with Gasteiger partial charge in [0.2, 0.25) is 0 Å². The Hall–Kier alpha value is -1.22. The van der Waals surface area contributed by atoms with Gasteiger partial charge in [-0.3, -0.25) is 0 Å². The molecule has 0 unspecified atom stereocenters. The van der Waals surface area contributed by atoms with Crippen LogP contribution in [0.15, 0.2) is 24.3 Å². The van der Waals surface area contributed by atoms with Crippen molar-refractivity contribution in [1.29, 1.82) is 0 Å². The van der Waals surface area contributed by atoms with Gasteiger partial charge in [0.05, 0.1) is 0 Å². The van der Waals surface area contributed by atoms with E-state index in [9.17, 15) is 5.11 Å². The molecule has 0 radical (unpaired) electrons. The fourth-order valence-electron chi connectivity index (χ4n) is 2.73. The maximum absolute atomic E-state index is 9.39. The molecule has 1 fully saturated rings. The van der Waals surface area contributed by atoms with Crippen LogP contribution in [-0.4, -0.2) is 31.3 Å². The van der Waals surface area contributed by atoms with E-state index < -0.39 is 0 Å². The van der Waals surface area contributed by atoms with Crippen LogP contribution in [0.1, 0.15) is 39.5 Å². The third-order valence-corrected chi connectivity index (χ3v) is 4.71. The van der Waals surface area contributed by atoms with Crippen LogP contribution >= 0.6 is 0 Å². The Morgan fingerprint density at radius 1 is 1.20 bits per heavy atom. The number of nitrogens with zero attached hydrogens (tertiary/aromatic N) is 1. The highest BCUT2D eigenvalue weighted by Gasteiger charge is 2.31. The second-order valence-corrected chi connectivity index (χ2v) is 6.23. The van der Waals surface area contributed by atoms with Gasteiger partial charge in [0.25, 0.3) is 0 Å². The maximum Gasteiger partial charge on any atom is 0.115 e. The van der Waals surface area contributed by atoms with Crippen molar-refractivity contribution < 1.29 is 5.11 Å². The van der Waals surface area contributed by atoms with Gasteiger partial charge in [-0.05, 0) is 55.4 Å². The van der Waals surface area contributed by atoms with Crippen molar-refractivity contribution in [1.82, 2.24) is 5.32 Å². The number of phenolic OH excluding ortho intramolecular Hbond substituents is 1. The monoisotopic (exact) mass is 276 g/mol. The topological polar surface area (TPSA) is 35.5 Å². The molecule has 1 saturated carbocycles. The summed E-state index contributed by atoms with van der Waals surface area (Å²) in [5, 5.41) is 13.1. The van der Waals surface area contributed by atoms with Gasteiger partial charge in [0.15, 0.2) is 0 Å². The largest absolute Gasteiger partial charge is 0.508 e. The van der Waals surface area contributed by atoms with Crippen molar-refractivity contribution in [3.05, 3.63) is 24.3 Å². The first-order chi connectivity index (χ1) is 9.58. The lowest BCUT2D eigenvalue weighted by atomic mass is 9.81. The molecule has 0 bridgehead atoms. The number of hydrogen-bond donors (Lipinski definition) is 2. The molecule has 2 rings (SSSR count). The molecule has 1 aromatic carbocycles. The summed E-state index contributed by atoms with van der Waals surface area (Å²) in [6, 6.07) is 8.26. The molecule has 0 amide bonds. The molecule has 0 heterocycles.